The highest BCUT2D eigenvalue weighted by atomic mass is 32.2. The number of amides is 1. The molecule has 2 heterocycles. The van der Waals surface area contributed by atoms with Gasteiger partial charge in [-0.3, -0.25) is 4.79 Å². The van der Waals surface area contributed by atoms with Crippen LogP contribution in [-0.2, 0) is 14.6 Å². The molecule has 0 N–H and O–H groups in total. The highest BCUT2D eigenvalue weighted by molar-refractivity contribution is 7.90. The van der Waals surface area contributed by atoms with Gasteiger partial charge < -0.3 is 4.90 Å². The Morgan fingerprint density at radius 1 is 1.29 bits per heavy atom. The molecule has 5 heteroatoms. The standard InChI is InChI=1S/C9H13NO3S/c1-14(12,13)6-7-4-5-10-8(7)2-3-9(10)11/h2-6H2,1H3. The summed E-state index contributed by atoms with van der Waals surface area (Å²) in [6.07, 6.45) is 3.24. The molecule has 0 aromatic rings. The molecule has 1 amide bonds. The lowest BCUT2D eigenvalue weighted by atomic mass is 10.2. The molecule has 0 saturated carbocycles. The van der Waals surface area contributed by atoms with E-state index in [1.165, 1.54) is 6.26 Å². The summed E-state index contributed by atoms with van der Waals surface area (Å²) in [6.45, 7) is 0.680. The van der Waals surface area contributed by atoms with Crippen LogP contribution < -0.4 is 0 Å². The second kappa shape index (κ2) is 3.08. The number of hydrogen-bond acceptors (Lipinski definition) is 3. The van der Waals surface area contributed by atoms with Crippen molar-refractivity contribution in [1.82, 2.24) is 4.90 Å². The number of carbonyl (C=O) groups excluding carboxylic acids is 1. The van der Waals surface area contributed by atoms with E-state index in [0.29, 0.717) is 13.0 Å². The topological polar surface area (TPSA) is 54.5 Å². The second-order valence-electron chi connectivity index (χ2n) is 3.92. The maximum atomic E-state index is 11.3. The summed E-state index contributed by atoms with van der Waals surface area (Å²) in [7, 11) is -2.96. The molecule has 0 aliphatic carbocycles. The van der Waals surface area contributed by atoms with Gasteiger partial charge in [0.1, 0.15) is 0 Å². The van der Waals surface area contributed by atoms with Gasteiger partial charge in [0.2, 0.25) is 5.91 Å². The first-order valence-electron chi connectivity index (χ1n) is 4.66. The van der Waals surface area contributed by atoms with Gasteiger partial charge in [0.25, 0.3) is 0 Å². The summed E-state index contributed by atoms with van der Waals surface area (Å²) < 4.78 is 22.2. The van der Waals surface area contributed by atoms with Gasteiger partial charge in [-0.1, -0.05) is 0 Å². The monoisotopic (exact) mass is 215 g/mol. The van der Waals surface area contributed by atoms with Gasteiger partial charge in [0.15, 0.2) is 9.84 Å². The molecule has 0 aromatic heterocycles. The van der Waals surface area contributed by atoms with Crippen LogP contribution in [0.4, 0.5) is 0 Å². The third-order valence-electron chi connectivity index (χ3n) is 2.68. The molecule has 0 spiro atoms. The number of sulfone groups is 1. The SMILES string of the molecule is CS(=O)(=O)CC1=C2CCC(=O)N2CC1. The zero-order chi connectivity index (χ0) is 10.3. The van der Waals surface area contributed by atoms with Crippen LogP contribution in [0.2, 0.25) is 0 Å². The smallest absolute Gasteiger partial charge is 0.227 e. The molecular weight excluding hydrogens is 202 g/mol. The lowest BCUT2D eigenvalue weighted by Gasteiger charge is -2.09. The third-order valence-corrected chi connectivity index (χ3v) is 3.56. The molecule has 14 heavy (non-hydrogen) atoms. The molecule has 2 aliphatic heterocycles. The van der Waals surface area contributed by atoms with Gasteiger partial charge in [0, 0.05) is 24.9 Å². The van der Waals surface area contributed by atoms with Gasteiger partial charge in [-0.05, 0) is 18.4 Å². The molecule has 0 atom stereocenters. The van der Waals surface area contributed by atoms with Crippen LogP contribution in [-0.4, -0.2) is 37.8 Å². The molecule has 0 bridgehead atoms. The number of fused-ring (bicyclic) bond motifs is 1. The van der Waals surface area contributed by atoms with Crippen molar-refractivity contribution in [2.24, 2.45) is 0 Å². The summed E-state index contributed by atoms with van der Waals surface area (Å²) in [4.78, 5) is 13.0. The molecule has 4 nitrogen and oxygen atoms in total. The van der Waals surface area contributed by atoms with Crippen LogP contribution in [0.25, 0.3) is 0 Å². The first-order valence-corrected chi connectivity index (χ1v) is 6.72. The molecule has 1 fully saturated rings. The van der Waals surface area contributed by atoms with Crippen molar-refractivity contribution in [3.05, 3.63) is 11.3 Å². The highest BCUT2D eigenvalue weighted by Gasteiger charge is 2.33. The minimum Gasteiger partial charge on any atom is -0.316 e. The maximum Gasteiger partial charge on any atom is 0.227 e. The van der Waals surface area contributed by atoms with Crippen molar-refractivity contribution < 1.29 is 13.2 Å². The van der Waals surface area contributed by atoms with Gasteiger partial charge in [-0.25, -0.2) is 8.42 Å². The first-order chi connectivity index (χ1) is 6.47. The third kappa shape index (κ3) is 1.68. The Morgan fingerprint density at radius 3 is 2.64 bits per heavy atom. The zero-order valence-electron chi connectivity index (χ0n) is 8.12. The van der Waals surface area contributed by atoms with Crippen molar-refractivity contribution in [3.8, 4) is 0 Å². The number of allylic oxidation sites excluding steroid dienone is 1. The van der Waals surface area contributed by atoms with Crippen molar-refractivity contribution in [2.45, 2.75) is 19.3 Å². The summed E-state index contributed by atoms with van der Waals surface area (Å²) >= 11 is 0. The van der Waals surface area contributed by atoms with E-state index in [2.05, 4.69) is 0 Å². The van der Waals surface area contributed by atoms with Crippen molar-refractivity contribution >= 4 is 15.7 Å². The molecule has 1 saturated heterocycles. The summed E-state index contributed by atoms with van der Waals surface area (Å²) in [6, 6.07) is 0. The Bertz CT molecular complexity index is 408. The van der Waals surface area contributed by atoms with E-state index in [1.54, 1.807) is 4.90 Å². The van der Waals surface area contributed by atoms with E-state index in [1.807, 2.05) is 0 Å². The maximum absolute atomic E-state index is 11.3. The van der Waals surface area contributed by atoms with Gasteiger partial charge in [-0.2, -0.15) is 0 Å². The van der Waals surface area contributed by atoms with E-state index >= 15 is 0 Å². The molecule has 0 unspecified atom stereocenters. The molecule has 0 aromatic carbocycles. The van der Waals surface area contributed by atoms with Crippen LogP contribution in [0.1, 0.15) is 19.3 Å². The van der Waals surface area contributed by atoms with E-state index < -0.39 is 9.84 Å². The van der Waals surface area contributed by atoms with Crippen LogP contribution >= 0.6 is 0 Å². The molecule has 2 aliphatic rings. The summed E-state index contributed by atoms with van der Waals surface area (Å²) in [5, 5.41) is 0. The largest absolute Gasteiger partial charge is 0.316 e. The molecular formula is C9H13NO3S. The van der Waals surface area contributed by atoms with Crippen molar-refractivity contribution in [2.75, 3.05) is 18.6 Å². The number of hydrogen-bond donors (Lipinski definition) is 0. The molecule has 0 radical (unpaired) electrons. The number of carbonyl (C=O) groups is 1. The van der Waals surface area contributed by atoms with Crippen LogP contribution in [0, 0.1) is 0 Å². The van der Waals surface area contributed by atoms with Crippen LogP contribution in [0.15, 0.2) is 11.3 Å². The van der Waals surface area contributed by atoms with E-state index in [9.17, 15) is 13.2 Å². The Hall–Kier alpha value is -0.840. The molecule has 78 valence electrons. The van der Waals surface area contributed by atoms with Crippen molar-refractivity contribution in [3.63, 3.8) is 0 Å². The normalized spacial score (nSPS) is 22.1. The Kier molecular flexibility index (Phi) is 2.14. The van der Waals surface area contributed by atoms with E-state index in [4.69, 9.17) is 0 Å². The van der Waals surface area contributed by atoms with E-state index in [-0.39, 0.29) is 11.7 Å². The Balaban J connectivity index is 2.25. The van der Waals surface area contributed by atoms with Gasteiger partial charge >= 0.3 is 0 Å². The van der Waals surface area contributed by atoms with Crippen LogP contribution in [0.5, 0.6) is 0 Å². The highest BCUT2D eigenvalue weighted by Crippen LogP contribution is 2.33. The quantitative estimate of drug-likeness (QED) is 0.666. The lowest BCUT2D eigenvalue weighted by molar-refractivity contribution is -0.126. The average molecular weight is 215 g/mol. The fraction of sp³-hybridized carbons (Fsp3) is 0.667. The van der Waals surface area contributed by atoms with Crippen molar-refractivity contribution in [1.29, 1.82) is 0 Å². The summed E-state index contributed by atoms with van der Waals surface area (Å²) in [5.74, 6) is 0.259. The second-order valence-corrected chi connectivity index (χ2v) is 6.06. The predicted molar refractivity (Wildman–Crippen MR) is 52.3 cm³/mol. The number of rotatable bonds is 2. The van der Waals surface area contributed by atoms with Gasteiger partial charge in [0.05, 0.1) is 5.75 Å². The fourth-order valence-electron chi connectivity index (χ4n) is 2.14. The number of nitrogens with zero attached hydrogens (tertiary/aromatic N) is 1. The minimum absolute atomic E-state index is 0.117. The minimum atomic E-state index is -2.96. The first kappa shape index (κ1) is 9.71. The summed E-state index contributed by atoms with van der Waals surface area (Å²) in [5.41, 5.74) is 1.92. The zero-order valence-corrected chi connectivity index (χ0v) is 8.93. The van der Waals surface area contributed by atoms with E-state index in [0.717, 1.165) is 24.1 Å². The Labute approximate surface area is 83.5 Å². The van der Waals surface area contributed by atoms with Gasteiger partial charge in [-0.15, -0.1) is 0 Å². The molecule has 2 rings (SSSR count). The van der Waals surface area contributed by atoms with Crippen LogP contribution in [0.3, 0.4) is 0 Å². The average Bonchev–Trinajstić information content (AvgIpc) is 2.55. The Morgan fingerprint density at radius 2 is 2.00 bits per heavy atom. The predicted octanol–water partition coefficient (Wildman–Crippen LogP) is 0.311. The fourth-order valence-corrected chi connectivity index (χ4v) is 3.08. The lowest BCUT2D eigenvalue weighted by Crippen LogP contribution is -2.19.